The van der Waals surface area contributed by atoms with Gasteiger partial charge in [0.2, 0.25) is 0 Å². The molecule has 3 rings (SSSR count). The van der Waals surface area contributed by atoms with Gasteiger partial charge < -0.3 is 10.6 Å². The van der Waals surface area contributed by atoms with E-state index in [-0.39, 0.29) is 0 Å². The molecule has 0 spiro atoms. The van der Waals surface area contributed by atoms with E-state index < -0.39 is 0 Å². The van der Waals surface area contributed by atoms with Crippen molar-refractivity contribution in [2.45, 2.75) is 39.2 Å². The Kier molecular flexibility index (Phi) is 3.61. The van der Waals surface area contributed by atoms with E-state index in [0.29, 0.717) is 12.0 Å². The number of nitrogen functional groups attached to an aromatic ring is 1. The zero-order chi connectivity index (χ0) is 14.1. The summed E-state index contributed by atoms with van der Waals surface area (Å²) in [5.41, 5.74) is 7.36. The molecule has 1 atom stereocenters. The second-order valence-corrected chi connectivity index (χ2v) is 6.09. The molecule has 0 amide bonds. The highest BCUT2D eigenvalue weighted by Gasteiger charge is 2.23. The predicted octanol–water partition coefficient (Wildman–Crippen LogP) is 1.97. The van der Waals surface area contributed by atoms with Gasteiger partial charge in [-0.2, -0.15) is 5.10 Å². The van der Waals surface area contributed by atoms with Gasteiger partial charge in [0.15, 0.2) is 11.5 Å². The van der Waals surface area contributed by atoms with Gasteiger partial charge in [0.1, 0.15) is 0 Å². The summed E-state index contributed by atoms with van der Waals surface area (Å²) in [4.78, 5) is 7.15. The Labute approximate surface area is 119 Å². The molecule has 0 aliphatic carbocycles. The maximum atomic E-state index is 5.78. The molecule has 108 valence electrons. The van der Waals surface area contributed by atoms with Crippen LogP contribution in [-0.2, 0) is 6.42 Å². The molecule has 2 N–H and O–H groups in total. The van der Waals surface area contributed by atoms with Gasteiger partial charge in [0, 0.05) is 37.0 Å². The monoisotopic (exact) mass is 273 g/mol. The number of anilines is 1. The standard InChI is InChI=1S/C15H23N5/c1-11(2)19-6-3-4-12(10-19)8-14-17-15-9-13(16)5-7-20(15)18-14/h5,7,9,11-12H,3-4,6,8,10,16H2,1-2H3. The van der Waals surface area contributed by atoms with Crippen molar-refractivity contribution in [2.24, 2.45) is 5.92 Å². The van der Waals surface area contributed by atoms with Crippen LogP contribution in [0, 0.1) is 5.92 Å². The Morgan fingerprint density at radius 3 is 3.10 bits per heavy atom. The van der Waals surface area contributed by atoms with E-state index in [1.165, 1.54) is 19.4 Å². The number of aromatic nitrogens is 3. The summed E-state index contributed by atoms with van der Waals surface area (Å²) in [6.45, 7) is 6.93. The van der Waals surface area contributed by atoms with Crippen molar-refractivity contribution in [2.75, 3.05) is 18.8 Å². The fourth-order valence-electron chi connectivity index (χ4n) is 3.02. The van der Waals surface area contributed by atoms with Crippen LogP contribution in [-0.4, -0.2) is 38.6 Å². The SMILES string of the molecule is CC(C)N1CCCC(Cc2nc3cc(N)ccn3n2)C1. The van der Waals surface area contributed by atoms with E-state index in [0.717, 1.165) is 30.1 Å². The number of nitrogens with two attached hydrogens (primary N) is 1. The third-order valence-electron chi connectivity index (χ3n) is 4.16. The number of likely N-dealkylation sites (tertiary alicyclic amines) is 1. The first-order chi connectivity index (χ1) is 9.61. The van der Waals surface area contributed by atoms with Crippen molar-refractivity contribution in [1.82, 2.24) is 19.5 Å². The lowest BCUT2D eigenvalue weighted by Crippen LogP contribution is -2.40. The molecule has 1 aliphatic heterocycles. The first-order valence-electron chi connectivity index (χ1n) is 7.46. The molecule has 20 heavy (non-hydrogen) atoms. The Balaban J connectivity index is 1.72. The molecule has 1 fully saturated rings. The average molecular weight is 273 g/mol. The summed E-state index contributed by atoms with van der Waals surface area (Å²) < 4.78 is 1.81. The van der Waals surface area contributed by atoms with Gasteiger partial charge in [-0.15, -0.1) is 0 Å². The Morgan fingerprint density at radius 1 is 1.45 bits per heavy atom. The highest BCUT2D eigenvalue weighted by Crippen LogP contribution is 2.21. The van der Waals surface area contributed by atoms with Crippen molar-refractivity contribution >= 4 is 11.3 Å². The Bertz CT molecular complexity index is 589. The molecule has 2 aromatic rings. The Hall–Kier alpha value is -1.62. The van der Waals surface area contributed by atoms with Crippen LogP contribution >= 0.6 is 0 Å². The van der Waals surface area contributed by atoms with Gasteiger partial charge in [-0.3, -0.25) is 0 Å². The van der Waals surface area contributed by atoms with Crippen molar-refractivity contribution in [3.8, 4) is 0 Å². The number of hydrogen-bond donors (Lipinski definition) is 1. The minimum absolute atomic E-state index is 0.631. The quantitative estimate of drug-likeness (QED) is 0.929. The molecule has 1 aliphatic rings. The van der Waals surface area contributed by atoms with Crippen LogP contribution in [0.25, 0.3) is 5.65 Å². The molecule has 5 heteroatoms. The number of rotatable bonds is 3. The van der Waals surface area contributed by atoms with Gasteiger partial charge in [-0.05, 0) is 45.2 Å². The molecule has 0 bridgehead atoms. The number of nitrogens with zero attached hydrogens (tertiary/aromatic N) is 4. The number of hydrogen-bond acceptors (Lipinski definition) is 4. The second kappa shape index (κ2) is 5.40. The maximum absolute atomic E-state index is 5.78. The van der Waals surface area contributed by atoms with Gasteiger partial charge in [-0.25, -0.2) is 9.50 Å². The van der Waals surface area contributed by atoms with Crippen LogP contribution in [0.15, 0.2) is 18.3 Å². The molecule has 3 heterocycles. The molecular formula is C15H23N5. The van der Waals surface area contributed by atoms with Crippen molar-refractivity contribution in [3.05, 3.63) is 24.2 Å². The summed E-state index contributed by atoms with van der Waals surface area (Å²) in [5, 5.41) is 4.55. The van der Waals surface area contributed by atoms with Crippen LogP contribution < -0.4 is 5.73 Å². The van der Waals surface area contributed by atoms with Crippen LogP contribution in [0.3, 0.4) is 0 Å². The van der Waals surface area contributed by atoms with Crippen LogP contribution in [0.2, 0.25) is 0 Å². The van der Waals surface area contributed by atoms with Crippen molar-refractivity contribution < 1.29 is 0 Å². The summed E-state index contributed by atoms with van der Waals surface area (Å²) >= 11 is 0. The molecule has 0 saturated carbocycles. The van der Waals surface area contributed by atoms with E-state index in [2.05, 4.69) is 28.8 Å². The number of piperidine rings is 1. The third kappa shape index (κ3) is 2.77. The van der Waals surface area contributed by atoms with Crippen LogP contribution in [0.1, 0.15) is 32.5 Å². The molecule has 1 saturated heterocycles. The third-order valence-corrected chi connectivity index (χ3v) is 4.16. The normalized spacial score (nSPS) is 20.9. The number of pyridine rings is 1. The summed E-state index contributed by atoms with van der Waals surface area (Å²) in [5.74, 6) is 1.60. The lowest BCUT2D eigenvalue weighted by atomic mass is 9.94. The Morgan fingerprint density at radius 2 is 2.30 bits per heavy atom. The first kappa shape index (κ1) is 13.4. The van der Waals surface area contributed by atoms with Crippen LogP contribution in [0.4, 0.5) is 5.69 Å². The summed E-state index contributed by atoms with van der Waals surface area (Å²) in [7, 11) is 0. The minimum atomic E-state index is 0.631. The fourth-order valence-corrected chi connectivity index (χ4v) is 3.02. The lowest BCUT2D eigenvalue weighted by Gasteiger charge is -2.35. The van der Waals surface area contributed by atoms with Gasteiger partial charge in [-0.1, -0.05) is 0 Å². The molecule has 5 nitrogen and oxygen atoms in total. The zero-order valence-electron chi connectivity index (χ0n) is 12.3. The van der Waals surface area contributed by atoms with Gasteiger partial charge in [0.05, 0.1) is 0 Å². The van der Waals surface area contributed by atoms with E-state index in [9.17, 15) is 0 Å². The fraction of sp³-hybridized carbons (Fsp3) is 0.600. The molecule has 1 unspecified atom stereocenters. The zero-order valence-corrected chi connectivity index (χ0v) is 12.3. The highest BCUT2D eigenvalue weighted by molar-refractivity contribution is 5.50. The summed E-state index contributed by atoms with van der Waals surface area (Å²) in [6, 6.07) is 4.36. The first-order valence-corrected chi connectivity index (χ1v) is 7.46. The maximum Gasteiger partial charge on any atom is 0.157 e. The van der Waals surface area contributed by atoms with Crippen LogP contribution in [0.5, 0.6) is 0 Å². The van der Waals surface area contributed by atoms with Crippen molar-refractivity contribution in [3.63, 3.8) is 0 Å². The molecule has 2 aromatic heterocycles. The molecule has 0 aromatic carbocycles. The molecular weight excluding hydrogens is 250 g/mol. The highest BCUT2D eigenvalue weighted by atomic mass is 15.3. The van der Waals surface area contributed by atoms with E-state index in [4.69, 9.17) is 5.73 Å². The average Bonchev–Trinajstić information content (AvgIpc) is 2.80. The predicted molar refractivity (Wildman–Crippen MR) is 80.5 cm³/mol. The van der Waals surface area contributed by atoms with E-state index in [1.807, 2.05) is 22.8 Å². The topological polar surface area (TPSA) is 59.5 Å². The van der Waals surface area contributed by atoms with Gasteiger partial charge in [0.25, 0.3) is 0 Å². The van der Waals surface area contributed by atoms with E-state index in [1.54, 1.807) is 0 Å². The smallest absolute Gasteiger partial charge is 0.157 e. The lowest BCUT2D eigenvalue weighted by molar-refractivity contribution is 0.138. The van der Waals surface area contributed by atoms with E-state index >= 15 is 0 Å². The van der Waals surface area contributed by atoms with Crippen molar-refractivity contribution in [1.29, 1.82) is 0 Å². The number of fused-ring (bicyclic) bond motifs is 1. The molecule has 0 radical (unpaired) electrons. The van der Waals surface area contributed by atoms with Gasteiger partial charge >= 0.3 is 0 Å². The largest absolute Gasteiger partial charge is 0.399 e. The second-order valence-electron chi connectivity index (χ2n) is 6.09. The summed E-state index contributed by atoms with van der Waals surface area (Å²) in [6.07, 6.45) is 5.40. The minimum Gasteiger partial charge on any atom is -0.399 e.